The van der Waals surface area contributed by atoms with Crippen LogP contribution in [-0.2, 0) is 16.0 Å². The third kappa shape index (κ3) is 4.82. The number of carbonyl (C=O) groups excluding carboxylic acids is 2. The van der Waals surface area contributed by atoms with Gasteiger partial charge in [-0.25, -0.2) is 14.5 Å². The van der Waals surface area contributed by atoms with Crippen LogP contribution in [0.15, 0.2) is 61.2 Å². The van der Waals surface area contributed by atoms with Crippen LogP contribution >= 0.6 is 0 Å². The molecule has 0 spiro atoms. The summed E-state index contributed by atoms with van der Waals surface area (Å²) in [5, 5.41) is 6.85. The van der Waals surface area contributed by atoms with E-state index in [0.717, 1.165) is 17.7 Å². The van der Waals surface area contributed by atoms with Gasteiger partial charge in [-0.05, 0) is 48.7 Å². The molecule has 1 N–H and O–H groups in total. The van der Waals surface area contributed by atoms with Gasteiger partial charge in [0, 0.05) is 0 Å². The molecule has 3 rings (SSSR count). The van der Waals surface area contributed by atoms with E-state index >= 15 is 0 Å². The number of aromatic nitrogens is 3. The lowest BCUT2D eigenvalue weighted by molar-refractivity contribution is -0.124. The van der Waals surface area contributed by atoms with Crippen LogP contribution in [0.25, 0.3) is 5.69 Å². The highest BCUT2D eigenvalue weighted by Crippen LogP contribution is 2.14. The van der Waals surface area contributed by atoms with Crippen LogP contribution in [0.4, 0.5) is 0 Å². The maximum atomic E-state index is 12.1. The van der Waals surface area contributed by atoms with Gasteiger partial charge < -0.3 is 10.1 Å². The first-order valence-electron chi connectivity index (χ1n) is 9.07. The Morgan fingerprint density at radius 3 is 2.43 bits per heavy atom. The predicted molar refractivity (Wildman–Crippen MR) is 104 cm³/mol. The van der Waals surface area contributed by atoms with Crippen molar-refractivity contribution in [1.29, 1.82) is 0 Å². The van der Waals surface area contributed by atoms with Gasteiger partial charge in [-0.15, -0.1) is 0 Å². The van der Waals surface area contributed by atoms with Crippen molar-refractivity contribution in [1.82, 2.24) is 20.1 Å². The molecule has 0 unspecified atom stereocenters. The molecule has 0 aliphatic heterocycles. The first kappa shape index (κ1) is 19.3. The first-order valence-corrected chi connectivity index (χ1v) is 9.07. The van der Waals surface area contributed by atoms with Crippen LogP contribution in [0.3, 0.4) is 0 Å². The average molecular weight is 378 g/mol. The normalized spacial score (nSPS) is 11.6. The van der Waals surface area contributed by atoms with Crippen molar-refractivity contribution in [3.05, 3.63) is 77.9 Å². The van der Waals surface area contributed by atoms with Crippen LogP contribution in [0.1, 0.15) is 41.4 Å². The molecule has 1 atom stereocenters. The van der Waals surface area contributed by atoms with E-state index < -0.39 is 5.97 Å². The summed E-state index contributed by atoms with van der Waals surface area (Å²) >= 11 is 0. The third-order valence-corrected chi connectivity index (χ3v) is 4.39. The van der Waals surface area contributed by atoms with Crippen LogP contribution in [0, 0.1) is 0 Å². The highest BCUT2D eigenvalue weighted by Gasteiger charge is 2.13. The minimum atomic E-state index is -0.555. The molecule has 1 aromatic heterocycles. The molecule has 28 heavy (non-hydrogen) atoms. The number of hydrogen-bond acceptors (Lipinski definition) is 5. The Kier molecular flexibility index (Phi) is 6.16. The summed E-state index contributed by atoms with van der Waals surface area (Å²) in [7, 11) is 0. The smallest absolute Gasteiger partial charge is 0.338 e. The van der Waals surface area contributed by atoms with E-state index in [9.17, 15) is 9.59 Å². The SMILES string of the molecule is CCc1ccc([C@H](C)NC(=O)COC(=O)c2ccc(-n3cncn3)cc2)cc1. The summed E-state index contributed by atoms with van der Waals surface area (Å²) in [6.07, 6.45) is 3.96. The second-order valence-electron chi connectivity index (χ2n) is 6.35. The molecule has 1 amide bonds. The number of carbonyl (C=O) groups is 2. The zero-order valence-electron chi connectivity index (χ0n) is 15.8. The van der Waals surface area contributed by atoms with Gasteiger partial charge in [0.25, 0.3) is 5.91 Å². The zero-order chi connectivity index (χ0) is 19.9. The number of nitrogens with one attached hydrogen (secondary N) is 1. The number of nitrogens with zero attached hydrogens (tertiary/aromatic N) is 3. The molecule has 0 aliphatic rings. The van der Waals surface area contributed by atoms with Gasteiger partial charge in [0.1, 0.15) is 12.7 Å². The first-order chi connectivity index (χ1) is 13.6. The van der Waals surface area contributed by atoms with Gasteiger partial charge >= 0.3 is 5.97 Å². The molecule has 3 aromatic rings. The van der Waals surface area contributed by atoms with Crippen LogP contribution in [-0.4, -0.2) is 33.2 Å². The fourth-order valence-electron chi connectivity index (χ4n) is 2.71. The molecule has 1 heterocycles. The van der Waals surface area contributed by atoms with Crippen LogP contribution < -0.4 is 5.32 Å². The monoisotopic (exact) mass is 378 g/mol. The number of rotatable bonds is 7. The largest absolute Gasteiger partial charge is 0.452 e. The number of ether oxygens (including phenoxy) is 1. The van der Waals surface area contributed by atoms with E-state index in [4.69, 9.17) is 4.74 Å². The number of benzene rings is 2. The van der Waals surface area contributed by atoms with Gasteiger partial charge in [-0.2, -0.15) is 5.10 Å². The standard InChI is InChI=1S/C21H22N4O3/c1-3-16-4-6-17(7-5-16)15(2)24-20(26)12-28-21(27)18-8-10-19(11-9-18)25-14-22-13-23-25/h4-11,13-15H,3,12H2,1-2H3,(H,24,26)/t15-/m0/s1. The van der Waals surface area contributed by atoms with E-state index in [1.807, 2.05) is 31.2 Å². The Labute approximate surface area is 163 Å². The van der Waals surface area contributed by atoms with Crippen LogP contribution in [0.5, 0.6) is 0 Å². The van der Waals surface area contributed by atoms with Crippen molar-refractivity contribution >= 4 is 11.9 Å². The number of aryl methyl sites for hydroxylation is 1. The summed E-state index contributed by atoms with van der Waals surface area (Å²) in [6.45, 7) is 3.65. The molecule has 144 valence electrons. The topological polar surface area (TPSA) is 86.1 Å². The summed E-state index contributed by atoms with van der Waals surface area (Å²) < 4.78 is 6.69. The quantitative estimate of drug-likeness (QED) is 0.639. The van der Waals surface area contributed by atoms with Crippen molar-refractivity contribution in [3.8, 4) is 5.69 Å². The van der Waals surface area contributed by atoms with Gasteiger partial charge in [0.15, 0.2) is 6.61 Å². The Morgan fingerprint density at radius 1 is 1.11 bits per heavy atom. The summed E-state index contributed by atoms with van der Waals surface area (Å²) in [5.74, 6) is -0.903. The second-order valence-corrected chi connectivity index (χ2v) is 6.35. The molecule has 0 fully saturated rings. The van der Waals surface area contributed by atoms with Crippen molar-refractivity contribution < 1.29 is 14.3 Å². The Balaban J connectivity index is 1.50. The lowest BCUT2D eigenvalue weighted by Crippen LogP contribution is -2.31. The van der Waals surface area contributed by atoms with Crippen molar-refractivity contribution in [2.75, 3.05) is 6.61 Å². The molecular formula is C21H22N4O3. The highest BCUT2D eigenvalue weighted by atomic mass is 16.5. The van der Waals surface area contributed by atoms with E-state index in [1.54, 1.807) is 35.3 Å². The Hall–Kier alpha value is -3.48. The molecule has 0 bridgehead atoms. The van der Waals surface area contributed by atoms with Gasteiger partial charge in [-0.3, -0.25) is 4.79 Å². The fourth-order valence-corrected chi connectivity index (χ4v) is 2.71. The van der Waals surface area contributed by atoms with Crippen LogP contribution in [0.2, 0.25) is 0 Å². The van der Waals surface area contributed by atoms with Crippen molar-refractivity contribution in [2.24, 2.45) is 0 Å². The summed E-state index contributed by atoms with van der Waals surface area (Å²) in [5.41, 5.74) is 3.38. The lowest BCUT2D eigenvalue weighted by Gasteiger charge is -2.15. The van der Waals surface area contributed by atoms with Gasteiger partial charge in [0.05, 0.1) is 17.3 Å². The van der Waals surface area contributed by atoms with E-state index in [0.29, 0.717) is 5.56 Å². The molecule has 0 aliphatic carbocycles. The molecule has 0 radical (unpaired) electrons. The molecule has 0 saturated heterocycles. The molecule has 0 saturated carbocycles. The number of amides is 1. The minimum absolute atomic E-state index is 0.168. The van der Waals surface area contributed by atoms with Gasteiger partial charge in [0.2, 0.25) is 0 Å². The Bertz CT molecular complexity index is 919. The van der Waals surface area contributed by atoms with Crippen molar-refractivity contribution in [2.45, 2.75) is 26.3 Å². The van der Waals surface area contributed by atoms with E-state index in [-0.39, 0.29) is 18.6 Å². The number of esters is 1. The predicted octanol–water partition coefficient (Wildman–Crippen LogP) is 2.86. The highest BCUT2D eigenvalue weighted by molar-refractivity contribution is 5.91. The zero-order valence-corrected chi connectivity index (χ0v) is 15.8. The molecule has 7 heteroatoms. The lowest BCUT2D eigenvalue weighted by atomic mass is 10.1. The van der Waals surface area contributed by atoms with Crippen molar-refractivity contribution in [3.63, 3.8) is 0 Å². The second kappa shape index (κ2) is 8.94. The maximum absolute atomic E-state index is 12.1. The average Bonchev–Trinajstić information content (AvgIpc) is 3.27. The minimum Gasteiger partial charge on any atom is -0.452 e. The van der Waals surface area contributed by atoms with E-state index in [1.165, 1.54) is 11.9 Å². The maximum Gasteiger partial charge on any atom is 0.338 e. The van der Waals surface area contributed by atoms with E-state index in [2.05, 4.69) is 22.3 Å². The number of hydrogen-bond donors (Lipinski definition) is 1. The fraction of sp³-hybridized carbons (Fsp3) is 0.238. The molecular weight excluding hydrogens is 356 g/mol. The summed E-state index contributed by atoms with van der Waals surface area (Å²) in [4.78, 5) is 28.1. The van der Waals surface area contributed by atoms with Gasteiger partial charge in [-0.1, -0.05) is 31.2 Å². The summed E-state index contributed by atoms with van der Waals surface area (Å²) in [6, 6.07) is 14.6. The Morgan fingerprint density at radius 2 is 1.82 bits per heavy atom. The third-order valence-electron chi connectivity index (χ3n) is 4.39. The molecule has 7 nitrogen and oxygen atoms in total. The molecule has 2 aromatic carbocycles.